The van der Waals surface area contributed by atoms with Crippen LogP contribution in [0.3, 0.4) is 0 Å². The van der Waals surface area contributed by atoms with Crippen LogP contribution in [0.15, 0.2) is 0 Å². The fourth-order valence-corrected chi connectivity index (χ4v) is 3.94. The van der Waals surface area contributed by atoms with Gasteiger partial charge in [0.05, 0.1) is 0 Å². The molecule has 0 aliphatic heterocycles. The van der Waals surface area contributed by atoms with Gasteiger partial charge in [0.1, 0.15) is 0 Å². The molecule has 4 rings (SSSR count). The van der Waals surface area contributed by atoms with E-state index in [0.29, 0.717) is 0 Å². The van der Waals surface area contributed by atoms with E-state index < -0.39 is 0 Å². The van der Waals surface area contributed by atoms with Crippen LogP contribution >= 0.6 is 0 Å². The fourth-order valence-electron chi connectivity index (χ4n) is 3.94. The molecule has 2 bridgehead atoms. The van der Waals surface area contributed by atoms with E-state index in [1.165, 1.54) is 0 Å². The first-order valence-corrected chi connectivity index (χ1v) is 5.15. The lowest BCUT2D eigenvalue weighted by molar-refractivity contribution is -0.116. The zero-order chi connectivity index (χ0) is 7.69. The van der Waals surface area contributed by atoms with Crippen LogP contribution in [0, 0.1) is 22.7 Å². The normalized spacial score (nSPS) is 48.5. The SMILES string of the molecule is CC1(C)[C@H]2CCC3(CC3)[C@@H]1C2. The largest absolute Gasteiger partial charge is 0.0594 e. The molecule has 0 unspecified atom stereocenters. The lowest BCUT2D eigenvalue weighted by Crippen LogP contribution is -2.53. The van der Waals surface area contributed by atoms with Gasteiger partial charge in [-0.1, -0.05) is 13.8 Å². The molecule has 0 heteroatoms. The van der Waals surface area contributed by atoms with E-state index in [9.17, 15) is 0 Å². The van der Waals surface area contributed by atoms with Gasteiger partial charge in [-0.15, -0.1) is 0 Å². The van der Waals surface area contributed by atoms with E-state index in [1.54, 1.807) is 32.1 Å². The van der Waals surface area contributed by atoms with Crippen molar-refractivity contribution < 1.29 is 0 Å². The Kier molecular flexibility index (Phi) is 0.906. The van der Waals surface area contributed by atoms with Crippen LogP contribution < -0.4 is 0 Å². The average molecular weight is 150 g/mol. The molecule has 0 aromatic heterocycles. The third-order valence-corrected chi connectivity index (χ3v) is 5.09. The molecule has 0 nitrogen and oxygen atoms in total. The lowest BCUT2D eigenvalue weighted by Gasteiger charge is -2.61. The summed E-state index contributed by atoms with van der Waals surface area (Å²) in [6.45, 7) is 5.01. The van der Waals surface area contributed by atoms with Crippen molar-refractivity contribution in [3.05, 3.63) is 0 Å². The van der Waals surface area contributed by atoms with Gasteiger partial charge in [0.25, 0.3) is 0 Å². The number of hydrogen-bond acceptors (Lipinski definition) is 0. The van der Waals surface area contributed by atoms with Gasteiger partial charge >= 0.3 is 0 Å². The summed E-state index contributed by atoms with van der Waals surface area (Å²) in [5.74, 6) is 2.22. The summed E-state index contributed by atoms with van der Waals surface area (Å²) >= 11 is 0. The summed E-state index contributed by atoms with van der Waals surface area (Å²) in [4.78, 5) is 0. The molecule has 0 aromatic rings. The van der Waals surface area contributed by atoms with Crippen LogP contribution in [-0.4, -0.2) is 0 Å². The van der Waals surface area contributed by atoms with E-state index in [0.717, 1.165) is 22.7 Å². The molecule has 0 amide bonds. The summed E-state index contributed by atoms with van der Waals surface area (Å²) in [7, 11) is 0. The minimum Gasteiger partial charge on any atom is -0.0594 e. The molecule has 0 radical (unpaired) electrons. The fraction of sp³-hybridized carbons (Fsp3) is 1.00. The van der Waals surface area contributed by atoms with E-state index in [1.807, 2.05) is 0 Å². The van der Waals surface area contributed by atoms with Gasteiger partial charge < -0.3 is 0 Å². The van der Waals surface area contributed by atoms with Crippen LogP contribution in [0.2, 0.25) is 0 Å². The van der Waals surface area contributed by atoms with Gasteiger partial charge in [0, 0.05) is 0 Å². The van der Waals surface area contributed by atoms with Gasteiger partial charge in [0.15, 0.2) is 0 Å². The van der Waals surface area contributed by atoms with Crippen molar-refractivity contribution in [1.82, 2.24) is 0 Å². The maximum Gasteiger partial charge on any atom is -0.0263 e. The summed E-state index contributed by atoms with van der Waals surface area (Å²) in [6.07, 6.45) is 7.82. The van der Waals surface area contributed by atoms with E-state index in [2.05, 4.69) is 13.8 Å². The van der Waals surface area contributed by atoms with Crippen LogP contribution in [0.1, 0.15) is 46.0 Å². The number of rotatable bonds is 0. The highest BCUT2D eigenvalue weighted by Crippen LogP contribution is 2.74. The third-order valence-electron chi connectivity index (χ3n) is 5.09. The molecule has 4 saturated carbocycles. The predicted octanol–water partition coefficient (Wildman–Crippen LogP) is 3.22. The Morgan fingerprint density at radius 1 is 1.09 bits per heavy atom. The lowest BCUT2D eigenvalue weighted by atomic mass is 9.44. The van der Waals surface area contributed by atoms with Gasteiger partial charge in [0.2, 0.25) is 0 Å². The highest BCUT2D eigenvalue weighted by atomic mass is 14.7. The first-order chi connectivity index (χ1) is 5.15. The highest BCUT2D eigenvalue weighted by Gasteiger charge is 2.65. The standard InChI is InChI=1S/C11H18/c1-10(2)8-3-4-11(5-6-11)9(10)7-8/h8-9H,3-7H2,1-2H3/t8-,9+/m0/s1. The van der Waals surface area contributed by atoms with Crippen LogP contribution in [0.5, 0.6) is 0 Å². The van der Waals surface area contributed by atoms with Gasteiger partial charge in [-0.05, 0) is 54.8 Å². The Morgan fingerprint density at radius 2 is 1.82 bits per heavy atom. The molecule has 1 spiro atoms. The van der Waals surface area contributed by atoms with Crippen molar-refractivity contribution >= 4 is 0 Å². The third kappa shape index (κ3) is 0.588. The number of fused-ring (bicyclic) bond motifs is 1. The molecular weight excluding hydrogens is 132 g/mol. The molecule has 4 aliphatic rings. The Balaban J connectivity index is 1.94. The molecule has 62 valence electrons. The summed E-state index contributed by atoms with van der Waals surface area (Å²) in [5, 5.41) is 0. The molecule has 0 N–H and O–H groups in total. The monoisotopic (exact) mass is 150 g/mol. The Morgan fingerprint density at radius 3 is 2.18 bits per heavy atom. The summed E-state index contributed by atoms with van der Waals surface area (Å²) < 4.78 is 0. The zero-order valence-corrected chi connectivity index (χ0v) is 7.69. The van der Waals surface area contributed by atoms with E-state index >= 15 is 0 Å². The molecular formula is C11H18. The number of hydrogen-bond donors (Lipinski definition) is 0. The topological polar surface area (TPSA) is 0 Å². The van der Waals surface area contributed by atoms with Crippen LogP contribution in [0.4, 0.5) is 0 Å². The molecule has 0 aromatic carbocycles. The Hall–Kier alpha value is 0. The van der Waals surface area contributed by atoms with Crippen molar-refractivity contribution in [2.45, 2.75) is 46.0 Å². The van der Waals surface area contributed by atoms with E-state index in [4.69, 9.17) is 0 Å². The van der Waals surface area contributed by atoms with Crippen LogP contribution in [0.25, 0.3) is 0 Å². The smallest absolute Gasteiger partial charge is 0.0263 e. The first-order valence-electron chi connectivity index (χ1n) is 5.15. The Labute approximate surface area is 69.4 Å². The minimum absolute atomic E-state index is 0.731. The molecule has 2 atom stereocenters. The second-order valence-corrected chi connectivity index (χ2v) is 5.71. The molecule has 4 aliphatic carbocycles. The molecule has 0 saturated heterocycles. The maximum absolute atomic E-state index is 2.51. The minimum atomic E-state index is 0.731. The quantitative estimate of drug-likeness (QED) is 0.497. The van der Waals surface area contributed by atoms with Crippen molar-refractivity contribution in [1.29, 1.82) is 0 Å². The zero-order valence-electron chi connectivity index (χ0n) is 7.69. The second-order valence-electron chi connectivity index (χ2n) is 5.71. The van der Waals surface area contributed by atoms with Crippen LogP contribution in [-0.2, 0) is 0 Å². The maximum atomic E-state index is 2.51. The van der Waals surface area contributed by atoms with Gasteiger partial charge in [-0.25, -0.2) is 0 Å². The van der Waals surface area contributed by atoms with Crippen molar-refractivity contribution in [3.8, 4) is 0 Å². The average Bonchev–Trinajstić information content (AvgIpc) is 2.69. The first kappa shape index (κ1) is 6.51. The molecule has 4 fully saturated rings. The van der Waals surface area contributed by atoms with E-state index in [-0.39, 0.29) is 0 Å². The van der Waals surface area contributed by atoms with Gasteiger partial charge in [-0.2, -0.15) is 0 Å². The molecule has 11 heavy (non-hydrogen) atoms. The van der Waals surface area contributed by atoms with Crippen molar-refractivity contribution in [2.24, 2.45) is 22.7 Å². The highest BCUT2D eigenvalue weighted by molar-refractivity contribution is 5.14. The Bertz CT molecular complexity index is 194. The second kappa shape index (κ2) is 1.53. The van der Waals surface area contributed by atoms with Gasteiger partial charge in [-0.3, -0.25) is 0 Å². The summed E-state index contributed by atoms with van der Waals surface area (Å²) in [5.41, 5.74) is 1.62. The molecule has 0 heterocycles. The van der Waals surface area contributed by atoms with Crippen molar-refractivity contribution in [2.75, 3.05) is 0 Å². The predicted molar refractivity (Wildman–Crippen MR) is 46.3 cm³/mol. The summed E-state index contributed by atoms with van der Waals surface area (Å²) in [6, 6.07) is 0. The van der Waals surface area contributed by atoms with Crippen molar-refractivity contribution in [3.63, 3.8) is 0 Å².